The standard InChI is InChI=1S/C20H26BrN3O4S/c1-3-23(4-2)17-9-8-15(29(26,27)24-12-6-5-7-13-24)14-16(17)22-20(25)18-10-11-19(21)28-18/h8-11,14H,3-7,12-13H2,1-2H3,(H,22,25). The van der Waals surface area contributed by atoms with Crippen molar-refractivity contribution in [2.45, 2.75) is 38.0 Å². The van der Waals surface area contributed by atoms with Gasteiger partial charge < -0.3 is 14.6 Å². The van der Waals surface area contributed by atoms with E-state index in [9.17, 15) is 13.2 Å². The fourth-order valence-corrected chi connectivity index (χ4v) is 5.34. The third kappa shape index (κ3) is 4.84. The van der Waals surface area contributed by atoms with Crippen molar-refractivity contribution in [2.75, 3.05) is 36.4 Å². The largest absolute Gasteiger partial charge is 0.444 e. The predicted molar refractivity (Wildman–Crippen MR) is 117 cm³/mol. The van der Waals surface area contributed by atoms with Crippen LogP contribution in [0.3, 0.4) is 0 Å². The molecule has 1 fully saturated rings. The smallest absolute Gasteiger partial charge is 0.291 e. The Balaban J connectivity index is 1.98. The number of nitrogens with zero attached hydrogens (tertiary/aromatic N) is 2. The molecular formula is C20H26BrN3O4S. The molecule has 1 saturated heterocycles. The molecule has 0 bridgehead atoms. The third-order valence-corrected chi connectivity index (χ3v) is 7.39. The first-order chi connectivity index (χ1) is 13.9. The quantitative estimate of drug-likeness (QED) is 0.633. The number of piperidine rings is 1. The number of halogens is 1. The summed E-state index contributed by atoms with van der Waals surface area (Å²) in [5, 5.41) is 2.83. The van der Waals surface area contributed by atoms with Crippen molar-refractivity contribution in [1.29, 1.82) is 0 Å². The number of nitrogens with one attached hydrogen (secondary N) is 1. The van der Waals surface area contributed by atoms with Crippen LogP contribution in [-0.4, -0.2) is 44.8 Å². The molecule has 1 aliphatic rings. The van der Waals surface area contributed by atoms with E-state index in [1.165, 1.54) is 4.31 Å². The molecule has 0 atom stereocenters. The zero-order valence-corrected chi connectivity index (χ0v) is 19.1. The molecule has 0 spiro atoms. The second-order valence-electron chi connectivity index (χ2n) is 6.87. The Morgan fingerprint density at radius 3 is 2.41 bits per heavy atom. The highest BCUT2D eigenvalue weighted by molar-refractivity contribution is 9.10. The van der Waals surface area contributed by atoms with Gasteiger partial charge in [-0.1, -0.05) is 6.42 Å². The van der Waals surface area contributed by atoms with E-state index in [2.05, 4.69) is 26.1 Å². The number of hydrogen-bond acceptors (Lipinski definition) is 5. The van der Waals surface area contributed by atoms with Gasteiger partial charge in [0.1, 0.15) is 0 Å². The maximum atomic E-state index is 13.1. The number of benzene rings is 1. The third-order valence-electron chi connectivity index (χ3n) is 5.07. The molecule has 1 aromatic carbocycles. The molecule has 1 N–H and O–H groups in total. The first-order valence-electron chi connectivity index (χ1n) is 9.82. The first-order valence-corrected chi connectivity index (χ1v) is 12.1. The van der Waals surface area contributed by atoms with Gasteiger partial charge in [0.25, 0.3) is 5.91 Å². The van der Waals surface area contributed by atoms with Crippen molar-refractivity contribution in [3.8, 4) is 0 Å². The minimum absolute atomic E-state index is 0.145. The maximum absolute atomic E-state index is 13.1. The zero-order valence-electron chi connectivity index (χ0n) is 16.7. The normalized spacial score (nSPS) is 15.3. The van der Waals surface area contributed by atoms with Gasteiger partial charge in [0.2, 0.25) is 10.0 Å². The fraction of sp³-hybridized carbons (Fsp3) is 0.450. The lowest BCUT2D eigenvalue weighted by Gasteiger charge is -2.28. The number of carbonyl (C=O) groups excluding carboxylic acids is 1. The Morgan fingerprint density at radius 1 is 1.14 bits per heavy atom. The van der Waals surface area contributed by atoms with Gasteiger partial charge in [0.05, 0.1) is 16.3 Å². The van der Waals surface area contributed by atoms with Crippen LogP contribution in [0.1, 0.15) is 43.7 Å². The molecule has 158 valence electrons. The zero-order chi connectivity index (χ0) is 21.0. The molecule has 2 aromatic rings. The van der Waals surface area contributed by atoms with E-state index in [1.807, 2.05) is 13.8 Å². The van der Waals surface area contributed by atoms with E-state index in [-0.39, 0.29) is 10.7 Å². The summed E-state index contributed by atoms with van der Waals surface area (Å²) in [6, 6.07) is 8.13. The highest BCUT2D eigenvalue weighted by Crippen LogP contribution is 2.31. The second-order valence-corrected chi connectivity index (χ2v) is 9.59. The van der Waals surface area contributed by atoms with Crippen LogP contribution in [0.4, 0.5) is 11.4 Å². The molecule has 1 aliphatic heterocycles. The molecular weight excluding hydrogens is 458 g/mol. The number of sulfonamides is 1. The summed E-state index contributed by atoms with van der Waals surface area (Å²) in [4.78, 5) is 14.9. The average Bonchev–Trinajstić information content (AvgIpc) is 3.17. The van der Waals surface area contributed by atoms with Gasteiger partial charge in [-0.2, -0.15) is 4.31 Å². The van der Waals surface area contributed by atoms with Crippen LogP contribution in [0.5, 0.6) is 0 Å². The van der Waals surface area contributed by atoms with Gasteiger partial charge in [0, 0.05) is 26.2 Å². The van der Waals surface area contributed by atoms with Crippen molar-refractivity contribution in [1.82, 2.24) is 4.31 Å². The van der Waals surface area contributed by atoms with Crippen LogP contribution < -0.4 is 10.2 Å². The molecule has 0 radical (unpaired) electrons. The van der Waals surface area contributed by atoms with Crippen LogP contribution in [0.2, 0.25) is 0 Å². The number of amides is 1. The molecule has 0 saturated carbocycles. The summed E-state index contributed by atoms with van der Waals surface area (Å²) < 4.78 is 33.5. The van der Waals surface area contributed by atoms with Gasteiger partial charge in [-0.3, -0.25) is 4.79 Å². The van der Waals surface area contributed by atoms with E-state index in [4.69, 9.17) is 4.42 Å². The first kappa shape index (κ1) is 21.9. The number of furan rings is 1. The molecule has 1 aromatic heterocycles. The SMILES string of the molecule is CCN(CC)c1ccc(S(=O)(=O)N2CCCCC2)cc1NC(=O)c1ccc(Br)o1. The van der Waals surface area contributed by atoms with E-state index < -0.39 is 15.9 Å². The highest BCUT2D eigenvalue weighted by Gasteiger charge is 2.27. The minimum Gasteiger partial charge on any atom is -0.444 e. The van der Waals surface area contributed by atoms with Crippen LogP contribution in [0.15, 0.2) is 44.3 Å². The Bertz CT molecular complexity index is 964. The van der Waals surface area contributed by atoms with Crippen molar-refractivity contribution in [3.63, 3.8) is 0 Å². The highest BCUT2D eigenvalue weighted by atomic mass is 79.9. The monoisotopic (exact) mass is 483 g/mol. The van der Waals surface area contributed by atoms with Crippen LogP contribution >= 0.6 is 15.9 Å². The van der Waals surface area contributed by atoms with Gasteiger partial charge in [-0.25, -0.2) is 8.42 Å². The number of anilines is 2. The minimum atomic E-state index is -3.60. The van der Waals surface area contributed by atoms with Gasteiger partial charge in [-0.15, -0.1) is 0 Å². The summed E-state index contributed by atoms with van der Waals surface area (Å²) in [6.45, 7) is 6.53. The summed E-state index contributed by atoms with van der Waals surface area (Å²) >= 11 is 3.19. The summed E-state index contributed by atoms with van der Waals surface area (Å²) in [7, 11) is -3.60. The van der Waals surface area contributed by atoms with Crippen LogP contribution in [-0.2, 0) is 10.0 Å². The molecule has 0 aliphatic carbocycles. The van der Waals surface area contributed by atoms with Crippen molar-refractivity contribution < 1.29 is 17.6 Å². The van der Waals surface area contributed by atoms with Crippen molar-refractivity contribution in [2.24, 2.45) is 0 Å². The van der Waals surface area contributed by atoms with Crippen LogP contribution in [0, 0.1) is 0 Å². The Kier molecular flexibility index (Phi) is 7.02. The topological polar surface area (TPSA) is 82.9 Å². The molecule has 1 amide bonds. The van der Waals surface area contributed by atoms with E-state index in [0.717, 1.165) is 38.0 Å². The maximum Gasteiger partial charge on any atom is 0.291 e. The lowest BCUT2D eigenvalue weighted by molar-refractivity contribution is 0.0995. The van der Waals surface area contributed by atoms with E-state index >= 15 is 0 Å². The van der Waals surface area contributed by atoms with Crippen LogP contribution in [0.25, 0.3) is 0 Å². The van der Waals surface area contributed by atoms with Gasteiger partial charge >= 0.3 is 0 Å². The average molecular weight is 484 g/mol. The lowest BCUT2D eigenvalue weighted by Crippen LogP contribution is -2.35. The Labute approximate surface area is 180 Å². The van der Waals surface area contributed by atoms with Crippen molar-refractivity contribution in [3.05, 3.63) is 40.8 Å². The second kappa shape index (κ2) is 9.32. The number of hydrogen-bond donors (Lipinski definition) is 1. The van der Waals surface area contributed by atoms with Gasteiger partial charge in [0.15, 0.2) is 10.4 Å². The van der Waals surface area contributed by atoms with Crippen molar-refractivity contribution >= 4 is 43.2 Å². The molecule has 2 heterocycles. The molecule has 9 heteroatoms. The van der Waals surface area contributed by atoms with E-state index in [0.29, 0.717) is 23.4 Å². The number of carbonyl (C=O) groups is 1. The molecule has 7 nitrogen and oxygen atoms in total. The fourth-order valence-electron chi connectivity index (χ4n) is 3.49. The predicted octanol–water partition coefficient (Wildman–Crippen LogP) is 4.32. The van der Waals surface area contributed by atoms with Gasteiger partial charge in [-0.05, 0) is 73.0 Å². The van der Waals surface area contributed by atoms with E-state index in [1.54, 1.807) is 30.3 Å². The summed E-state index contributed by atoms with van der Waals surface area (Å²) in [5.74, 6) is -0.289. The Morgan fingerprint density at radius 2 is 1.83 bits per heavy atom. The molecule has 29 heavy (non-hydrogen) atoms. The summed E-state index contributed by atoms with van der Waals surface area (Å²) in [6.07, 6.45) is 2.79. The summed E-state index contributed by atoms with van der Waals surface area (Å²) in [5.41, 5.74) is 1.22. The molecule has 0 unspecified atom stereocenters. The lowest BCUT2D eigenvalue weighted by atomic mass is 10.2. The number of rotatable bonds is 7. The molecule has 3 rings (SSSR count). The Hall–Kier alpha value is -1.84.